The van der Waals surface area contributed by atoms with Crippen LogP contribution in [-0.4, -0.2) is 28.2 Å². The fourth-order valence-corrected chi connectivity index (χ4v) is 2.42. The number of rotatable bonds is 5. The van der Waals surface area contributed by atoms with Crippen molar-refractivity contribution in [3.05, 3.63) is 66.2 Å². The Balaban J connectivity index is 2.02. The van der Waals surface area contributed by atoms with Crippen molar-refractivity contribution in [2.75, 3.05) is 18.5 Å². The summed E-state index contributed by atoms with van der Waals surface area (Å²) in [6.45, 7) is 0.234. The van der Waals surface area contributed by atoms with Crippen molar-refractivity contribution in [2.24, 2.45) is 0 Å². The predicted molar refractivity (Wildman–Crippen MR) is 93.5 cm³/mol. The molecule has 26 heavy (non-hydrogen) atoms. The van der Waals surface area contributed by atoms with Gasteiger partial charge in [0.2, 0.25) is 0 Å². The molecule has 3 rings (SSSR count). The van der Waals surface area contributed by atoms with Crippen LogP contribution in [0.25, 0.3) is 22.6 Å². The Bertz CT molecular complexity index is 865. The Morgan fingerprint density at radius 2 is 1.58 bits per heavy atom. The van der Waals surface area contributed by atoms with Gasteiger partial charge in [-0.1, -0.05) is 42.5 Å². The lowest BCUT2D eigenvalue weighted by Gasteiger charge is -2.11. The number of aliphatic hydroxyl groups excluding tert-OH is 1. The molecule has 7 heteroatoms. The summed E-state index contributed by atoms with van der Waals surface area (Å²) in [5.74, 6) is 0.795. The zero-order valence-corrected chi connectivity index (χ0v) is 13.7. The van der Waals surface area contributed by atoms with E-state index in [0.29, 0.717) is 29.4 Å². The summed E-state index contributed by atoms with van der Waals surface area (Å²) in [5, 5.41) is 12.0. The first-order valence-electron chi connectivity index (χ1n) is 7.94. The molecule has 0 fully saturated rings. The average molecular weight is 359 g/mol. The van der Waals surface area contributed by atoms with Crippen LogP contribution in [0.4, 0.5) is 19.0 Å². The molecule has 0 atom stereocenters. The van der Waals surface area contributed by atoms with Crippen LogP contribution in [0.1, 0.15) is 5.56 Å². The maximum atomic E-state index is 12.7. The lowest BCUT2D eigenvalue weighted by atomic mass is 10.1. The van der Waals surface area contributed by atoms with Gasteiger partial charge in [0, 0.05) is 23.7 Å². The highest BCUT2D eigenvalue weighted by atomic mass is 19.4. The highest BCUT2D eigenvalue weighted by molar-refractivity contribution is 5.67. The van der Waals surface area contributed by atoms with Crippen molar-refractivity contribution < 1.29 is 18.3 Å². The molecule has 0 aliphatic rings. The van der Waals surface area contributed by atoms with E-state index in [0.717, 1.165) is 17.7 Å². The SMILES string of the molecule is OCCNc1cc(-c2ccccc2)nc(-c2ccc(C(F)(F)F)cc2)n1. The van der Waals surface area contributed by atoms with Gasteiger partial charge in [-0.15, -0.1) is 0 Å². The minimum absolute atomic E-state index is 0.0692. The molecule has 0 saturated heterocycles. The number of halogens is 3. The van der Waals surface area contributed by atoms with Crippen LogP contribution < -0.4 is 5.32 Å². The number of hydrogen-bond acceptors (Lipinski definition) is 4. The molecule has 134 valence electrons. The van der Waals surface area contributed by atoms with Gasteiger partial charge >= 0.3 is 6.18 Å². The summed E-state index contributed by atoms with van der Waals surface area (Å²) < 4.78 is 38.2. The number of anilines is 1. The summed E-state index contributed by atoms with van der Waals surface area (Å²) in [6, 6.07) is 15.8. The molecule has 0 unspecified atom stereocenters. The van der Waals surface area contributed by atoms with Gasteiger partial charge in [0.1, 0.15) is 5.82 Å². The highest BCUT2D eigenvalue weighted by Gasteiger charge is 2.30. The molecule has 0 amide bonds. The lowest BCUT2D eigenvalue weighted by molar-refractivity contribution is -0.137. The van der Waals surface area contributed by atoms with Gasteiger partial charge in [-0.2, -0.15) is 13.2 Å². The van der Waals surface area contributed by atoms with Gasteiger partial charge in [0.25, 0.3) is 0 Å². The third kappa shape index (κ3) is 4.18. The Morgan fingerprint density at radius 1 is 0.885 bits per heavy atom. The molecule has 0 bridgehead atoms. The Morgan fingerprint density at radius 3 is 2.19 bits per heavy atom. The molecule has 0 spiro atoms. The quantitative estimate of drug-likeness (QED) is 0.716. The number of nitrogens with zero attached hydrogens (tertiary/aromatic N) is 2. The van der Waals surface area contributed by atoms with E-state index in [9.17, 15) is 13.2 Å². The zero-order chi connectivity index (χ0) is 18.6. The van der Waals surface area contributed by atoms with Crippen LogP contribution in [0.3, 0.4) is 0 Å². The first kappa shape index (κ1) is 17.9. The maximum Gasteiger partial charge on any atom is 0.416 e. The monoisotopic (exact) mass is 359 g/mol. The van der Waals surface area contributed by atoms with E-state index < -0.39 is 11.7 Å². The summed E-state index contributed by atoms with van der Waals surface area (Å²) in [6.07, 6.45) is -4.39. The van der Waals surface area contributed by atoms with Crippen LogP contribution in [-0.2, 0) is 6.18 Å². The zero-order valence-electron chi connectivity index (χ0n) is 13.7. The van der Waals surface area contributed by atoms with Crippen LogP contribution in [0.5, 0.6) is 0 Å². The molecular weight excluding hydrogens is 343 g/mol. The van der Waals surface area contributed by atoms with Crippen molar-refractivity contribution >= 4 is 5.82 Å². The van der Waals surface area contributed by atoms with Gasteiger partial charge < -0.3 is 10.4 Å². The van der Waals surface area contributed by atoms with Crippen molar-refractivity contribution in [3.8, 4) is 22.6 Å². The smallest absolute Gasteiger partial charge is 0.395 e. The second-order valence-corrected chi connectivity index (χ2v) is 5.55. The van der Waals surface area contributed by atoms with E-state index in [1.54, 1.807) is 6.07 Å². The number of hydrogen-bond donors (Lipinski definition) is 2. The normalized spacial score (nSPS) is 11.4. The summed E-state index contributed by atoms with van der Waals surface area (Å²) in [4.78, 5) is 8.82. The molecule has 0 radical (unpaired) electrons. The molecule has 3 aromatic rings. The first-order valence-corrected chi connectivity index (χ1v) is 7.94. The van der Waals surface area contributed by atoms with Crippen molar-refractivity contribution in [2.45, 2.75) is 6.18 Å². The number of aromatic nitrogens is 2. The third-order valence-corrected chi connectivity index (χ3v) is 3.68. The predicted octanol–water partition coefficient (Wildman–Crippen LogP) is 4.23. The van der Waals surface area contributed by atoms with Gasteiger partial charge in [-0.05, 0) is 12.1 Å². The first-order chi connectivity index (χ1) is 12.5. The maximum absolute atomic E-state index is 12.7. The minimum Gasteiger partial charge on any atom is -0.395 e. The van der Waals surface area contributed by atoms with E-state index in [-0.39, 0.29) is 6.61 Å². The molecule has 4 nitrogen and oxygen atoms in total. The average Bonchev–Trinajstić information content (AvgIpc) is 2.66. The molecule has 2 N–H and O–H groups in total. The summed E-state index contributed by atoms with van der Waals surface area (Å²) in [7, 11) is 0. The standard InChI is InChI=1S/C19H16F3N3O/c20-19(21,22)15-8-6-14(7-9-15)18-24-16(13-4-2-1-3-5-13)12-17(25-18)23-10-11-26/h1-9,12,26H,10-11H2,(H,23,24,25). The van der Waals surface area contributed by atoms with Crippen molar-refractivity contribution in [1.29, 1.82) is 0 Å². The molecule has 0 saturated carbocycles. The Labute approximate surface area is 148 Å². The number of alkyl halides is 3. The Kier molecular flexibility index (Phi) is 5.18. The molecule has 0 aliphatic heterocycles. The topological polar surface area (TPSA) is 58.0 Å². The van der Waals surface area contributed by atoms with Gasteiger partial charge in [0.05, 0.1) is 17.9 Å². The van der Waals surface area contributed by atoms with E-state index in [1.165, 1.54) is 12.1 Å². The van der Waals surface area contributed by atoms with E-state index in [2.05, 4.69) is 15.3 Å². The second kappa shape index (κ2) is 7.53. The van der Waals surface area contributed by atoms with Gasteiger partial charge in [-0.3, -0.25) is 0 Å². The molecule has 1 heterocycles. The van der Waals surface area contributed by atoms with Crippen molar-refractivity contribution in [1.82, 2.24) is 9.97 Å². The van der Waals surface area contributed by atoms with Crippen LogP contribution in [0.15, 0.2) is 60.7 Å². The van der Waals surface area contributed by atoms with Crippen LogP contribution in [0, 0.1) is 0 Å². The lowest BCUT2D eigenvalue weighted by Crippen LogP contribution is -2.08. The molecule has 2 aromatic carbocycles. The largest absolute Gasteiger partial charge is 0.416 e. The summed E-state index contributed by atoms with van der Waals surface area (Å²) in [5.41, 5.74) is 1.24. The number of benzene rings is 2. The molecule has 1 aromatic heterocycles. The Hall–Kier alpha value is -2.93. The van der Waals surface area contributed by atoms with Crippen LogP contribution >= 0.6 is 0 Å². The van der Waals surface area contributed by atoms with Crippen molar-refractivity contribution in [3.63, 3.8) is 0 Å². The highest BCUT2D eigenvalue weighted by Crippen LogP contribution is 2.31. The number of aliphatic hydroxyl groups is 1. The fourth-order valence-electron chi connectivity index (χ4n) is 2.42. The van der Waals surface area contributed by atoms with Gasteiger partial charge in [0.15, 0.2) is 5.82 Å². The third-order valence-electron chi connectivity index (χ3n) is 3.68. The van der Waals surface area contributed by atoms with Crippen LogP contribution in [0.2, 0.25) is 0 Å². The second-order valence-electron chi connectivity index (χ2n) is 5.55. The number of nitrogens with one attached hydrogen (secondary N) is 1. The van der Waals surface area contributed by atoms with E-state index >= 15 is 0 Å². The van der Waals surface area contributed by atoms with E-state index in [4.69, 9.17) is 5.11 Å². The van der Waals surface area contributed by atoms with Gasteiger partial charge in [-0.25, -0.2) is 9.97 Å². The molecule has 0 aliphatic carbocycles. The summed E-state index contributed by atoms with van der Waals surface area (Å²) >= 11 is 0. The molecular formula is C19H16F3N3O. The minimum atomic E-state index is -4.39. The fraction of sp³-hybridized carbons (Fsp3) is 0.158. The van der Waals surface area contributed by atoms with E-state index in [1.807, 2.05) is 30.3 Å².